The van der Waals surface area contributed by atoms with E-state index in [1.807, 2.05) is 0 Å². The zero-order chi connectivity index (χ0) is 9.84. The van der Waals surface area contributed by atoms with Crippen LogP contribution < -0.4 is 5.32 Å². The molecule has 0 saturated carbocycles. The number of benzene rings is 1. The second-order valence-corrected chi connectivity index (χ2v) is 3.42. The molecule has 0 spiro atoms. The maximum absolute atomic E-state index is 10.6. The summed E-state index contributed by atoms with van der Waals surface area (Å²) >= 11 is -1.96. The van der Waals surface area contributed by atoms with E-state index in [0.29, 0.717) is 10.6 Å². The fourth-order valence-corrected chi connectivity index (χ4v) is 1.23. The quantitative estimate of drug-likeness (QED) is 0.638. The number of nitrogens with one attached hydrogen (secondary N) is 1. The van der Waals surface area contributed by atoms with Gasteiger partial charge in [-0.25, -0.2) is 4.21 Å². The van der Waals surface area contributed by atoms with Crippen molar-refractivity contribution in [2.24, 2.45) is 0 Å². The molecule has 1 aromatic carbocycles. The van der Waals surface area contributed by atoms with Crippen molar-refractivity contribution in [3.8, 4) is 0 Å². The average molecular weight is 307 g/mol. The van der Waals surface area contributed by atoms with Crippen LogP contribution in [0.5, 0.6) is 0 Å². The van der Waals surface area contributed by atoms with Crippen LogP contribution in [0.25, 0.3) is 0 Å². The van der Waals surface area contributed by atoms with Crippen molar-refractivity contribution in [3.63, 3.8) is 0 Å². The summed E-state index contributed by atoms with van der Waals surface area (Å²) in [5.74, 6) is -0.169. The van der Waals surface area contributed by atoms with Gasteiger partial charge in [0, 0.05) is 35.0 Å². The molecule has 1 rings (SSSR count). The third kappa shape index (κ3) is 4.17. The van der Waals surface area contributed by atoms with Gasteiger partial charge in [-0.1, -0.05) is 0 Å². The first-order chi connectivity index (χ1) is 6.09. The summed E-state index contributed by atoms with van der Waals surface area (Å²) in [4.78, 5) is 10.9. The molecule has 0 saturated heterocycles. The van der Waals surface area contributed by atoms with Crippen LogP contribution in [0, 0.1) is 0 Å². The summed E-state index contributed by atoms with van der Waals surface area (Å²) < 4.78 is 19.2. The van der Waals surface area contributed by atoms with Gasteiger partial charge in [0.1, 0.15) is 0 Å². The van der Waals surface area contributed by atoms with Gasteiger partial charge in [-0.2, -0.15) is 0 Å². The van der Waals surface area contributed by atoms with Gasteiger partial charge in [0.2, 0.25) is 5.91 Å². The number of carbonyl (C=O) groups is 1. The van der Waals surface area contributed by atoms with Gasteiger partial charge in [-0.05, 0) is 24.3 Å². The minimum absolute atomic E-state index is 0. The van der Waals surface area contributed by atoms with Gasteiger partial charge in [0.25, 0.3) is 0 Å². The number of hydrogen-bond donors (Lipinski definition) is 2. The van der Waals surface area contributed by atoms with Crippen LogP contribution in [-0.2, 0) is 38.3 Å². The van der Waals surface area contributed by atoms with E-state index < -0.39 is 11.1 Å². The van der Waals surface area contributed by atoms with E-state index >= 15 is 0 Å². The minimum Gasteiger partial charge on any atom is -0.326 e. The van der Waals surface area contributed by atoms with Gasteiger partial charge in [-0.15, -0.1) is 0 Å². The second kappa shape index (κ2) is 6.10. The Morgan fingerprint density at radius 3 is 2.21 bits per heavy atom. The third-order valence-corrected chi connectivity index (χ3v) is 2.05. The molecule has 0 fully saturated rings. The van der Waals surface area contributed by atoms with Gasteiger partial charge in [-0.3, -0.25) is 4.79 Å². The number of carbonyl (C=O) groups excluding carboxylic acids is 1. The summed E-state index contributed by atoms with van der Waals surface area (Å²) in [5, 5.41) is 2.55. The molecule has 1 radical (unpaired) electrons. The topological polar surface area (TPSA) is 66.4 Å². The van der Waals surface area contributed by atoms with E-state index in [-0.39, 0.29) is 28.3 Å². The summed E-state index contributed by atoms with van der Waals surface area (Å²) in [6, 6.07) is 6.12. The average Bonchev–Trinajstić information content (AvgIpc) is 2.04. The summed E-state index contributed by atoms with van der Waals surface area (Å²) in [6.45, 7) is 1.40. The normalized spacial score (nSPS) is 11.3. The molecule has 4 nitrogen and oxygen atoms in total. The maximum atomic E-state index is 10.6. The van der Waals surface area contributed by atoms with Gasteiger partial charge in [0.15, 0.2) is 11.1 Å². The first-order valence-electron chi connectivity index (χ1n) is 3.58. The molecule has 0 aromatic heterocycles. The molecule has 14 heavy (non-hydrogen) atoms. The molecule has 1 unspecified atom stereocenters. The Morgan fingerprint density at radius 2 is 1.86 bits per heavy atom. The third-order valence-electron chi connectivity index (χ3n) is 1.38. The molecule has 0 bridgehead atoms. The van der Waals surface area contributed by atoms with Crippen LogP contribution in [0.1, 0.15) is 6.92 Å². The molecule has 1 aromatic rings. The van der Waals surface area contributed by atoms with Crippen LogP contribution in [0.2, 0.25) is 0 Å². The summed E-state index contributed by atoms with van der Waals surface area (Å²) in [7, 11) is 0. The SMILES string of the molecule is CC(=O)Nc1ccc(S(=O)O)cc1.[Ag]. The fraction of sp³-hybridized carbons (Fsp3) is 0.125. The van der Waals surface area contributed by atoms with Crippen LogP contribution in [0.15, 0.2) is 29.2 Å². The fourth-order valence-electron chi connectivity index (χ4n) is 0.858. The first kappa shape index (κ1) is 13.5. The predicted molar refractivity (Wildman–Crippen MR) is 49.8 cm³/mol. The molecule has 6 heteroatoms. The molecule has 2 N–H and O–H groups in total. The van der Waals surface area contributed by atoms with Crippen LogP contribution in [0.3, 0.4) is 0 Å². The van der Waals surface area contributed by atoms with Crippen molar-refractivity contribution in [1.29, 1.82) is 0 Å². The van der Waals surface area contributed by atoms with Crippen LogP contribution in [0.4, 0.5) is 5.69 Å². The number of anilines is 1. The monoisotopic (exact) mass is 306 g/mol. The van der Waals surface area contributed by atoms with E-state index in [4.69, 9.17) is 4.55 Å². The molecule has 81 valence electrons. The molecule has 0 aliphatic heterocycles. The molecule has 0 aliphatic carbocycles. The molecule has 1 amide bonds. The Labute approximate surface area is 99.9 Å². The van der Waals surface area contributed by atoms with E-state index in [1.165, 1.54) is 19.1 Å². The van der Waals surface area contributed by atoms with Crippen molar-refractivity contribution < 1.29 is 35.9 Å². The van der Waals surface area contributed by atoms with Crippen molar-refractivity contribution >= 4 is 22.7 Å². The van der Waals surface area contributed by atoms with Gasteiger partial charge >= 0.3 is 0 Å². The summed E-state index contributed by atoms with van der Waals surface area (Å²) in [6.07, 6.45) is 0. The maximum Gasteiger partial charge on any atom is 0.221 e. The molecule has 0 heterocycles. The Kier molecular flexibility index (Phi) is 5.90. The Balaban J connectivity index is 0.00000169. The largest absolute Gasteiger partial charge is 0.326 e. The van der Waals surface area contributed by atoms with E-state index in [9.17, 15) is 9.00 Å². The van der Waals surface area contributed by atoms with Crippen molar-refractivity contribution in [3.05, 3.63) is 24.3 Å². The van der Waals surface area contributed by atoms with Crippen molar-refractivity contribution in [1.82, 2.24) is 0 Å². The van der Waals surface area contributed by atoms with Crippen molar-refractivity contribution in [2.75, 3.05) is 5.32 Å². The Hall–Kier alpha value is -0.460. The Bertz CT molecular complexity index is 339. The molecule has 0 aliphatic rings. The number of hydrogen-bond acceptors (Lipinski definition) is 2. The van der Waals surface area contributed by atoms with E-state index in [2.05, 4.69) is 5.32 Å². The first-order valence-corrected chi connectivity index (χ1v) is 4.69. The van der Waals surface area contributed by atoms with Gasteiger partial charge < -0.3 is 9.87 Å². The number of amides is 1. The molecular weight excluding hydrogens is 298 g/mol. The second-order valence-electron chi connectivity index (χ2n) is 2.45. The predicted octanol–water partition coefficient (Wildman–Crippen LogP) is 1.22. The smallest absolute Gasteiger partial charge is 0.221 e. The zero-order valence-electron chi connectivity index (χ0n) is 7.28. The number of rotatable bonds is 2. The molecule has 1 atom stereocenters. The molecular formula is C8H9AgNO3S. The van der Waals surface area contributed by atoms with Crippen LogP contribution in [-0.4, -0.2) is 14.7 Å². The van der Waals surface area contributed by atoms with Crippen LogP contribution >= 0.6 is 0 Å². The van der Waals surface area contributed by atoms with Crippen molar-refractivity contribution in [2.45, 2.75) is 11.8 Å². The summed E-state index contributed by atoms with van der Waals surface area (Å²) in [5.41, 5.74) is 0.613. The zero-order valence-corrected chi connectivity index (χ0v) is 9.58. The van der Waals surface area contributed by atoms with E-state index in [0.717, 1.165) is 0 Å². The minimum atomic E-state index is -1.96. The van der Waals surface area contributed by atoms with E-state index in [1.54, 1.807) is 12.1 Å². The van der Waals surface area contributed by atoms with Gasteiger partial charge in [0.05, 0.1) is 4.90 Å². The Morgan fingerprint density at radius 1 is 1.36 bits per heavy atom. The standard InChI is InChI=1S/C8H9NO3S.Ag/c1-6(10)9-7-2-4-8(5-3-7)13(11)12;/h2-5H,1H3,(H,9,10)(H,11,12);.